The Kier molecular flexibility index (Phi) is 5.18. The van der Waals surface area contributed by atoms with Crippen LogP contribution in [-0.2, 0) is 4.79 Å². The fourth-order valence-electron chi connectivity index (χ4n) is 1.04. The third kappa shape index (κ3) is 4.83. The first-order valence-corrected chi connectivity index (χ1v) is 5.66. The van der Waals surface area contributed by atoms with E-state index >= 15 is 0 Å². The number of amides is 1. The zero-order valence-corrected chi connectivity index (χ0v) is 10.2. The Labute approximate surface area is 97.9 Å². The minimum Gasteiger partial charge on any atom is -0.492 e. The molecular weight excluding hydrogens is 258 g/mol. The lowest BCUT2D eigenvalue weighted by molar-refractivity contribution is -0.120. The van der Waals surface area contributed by atoms with E-state index in [0.717, 1.165) is 10.2 Å². The average Bonchev–Trinajstić information content (AvgIpc) is 2.24. The molecule has 0 saturated heterocycles. The molecular formula is C11H14BrNO2. The van der Waals surface area contributed by atoms with Crippen molar-refractivity contribution in [3.8, 4) is 5.75 Å². The Morgan fingerprint density at radius 3 is 3.00 bits per heavy atom. The van der Waals surface area contributed by atoms with Gasteiger partial charge in [0, 0.05) is 10.9 Å². The maximum atomic E-state index is 10.9. The highest BCUT2D eigenvalue weighted by Gasteiger charge is 1.97. The Balaban J connectivity index is 2.23. The Bertz CT molecular complexity index is 328. The molecule has 1 amide bonds. The van der Waals surface area contributed by atoms with E-state index < -0.39 is 0 Å². The summed E-state index contributed by atoms with van der Waals surface area (Å²) in [6, 6.07) is 7.61. The molecule has 0 heterocycles. The van der Waals surface area contributed by atoms with E-state index in [0.29, 0.717) is 19.6 Å². The summed E-state index contributed by atoms with van der Waals surface area (Å²) in [5, 5.41) is 2.74. The van der Waals surface area contributed by atoms with Gasteiger partial charge in [0.1, 0.15) is 12.4 Å². The molecule has 1 aromatic carbocycles. The van der Waals surface area contributed by atoms with Gasteiger partial charge in [0.2, 0.25) is 5.91 Å². The third-order valence-corrected chi connectivity index (χ3v) is 2.30. The summed E-state index contributed by atoms with van der Waals surface area (Å²) >= 11 is 3.36. The maximum absolute atomic E-state index is 10.9. The van der Waals surface area contributed by atoms with E-state index in [1.807, 2.05) is 31.2 Å². The van der Waals surface area contributed by atoms with Crippen molar-refractivity contribution in [2.24, 2.45) is 0 Å². The summed E-state index contributed by atoms with van der Waals surface area (Å²) in [6.07, 6.45) is 0.511. The number of nitrogens with one attached hydrogen (secondary N) is 1. The number of hydrogen-bond donors (Lipinski definition) is 1. The number of halogens is 1. The molecule has 0 aliphatic heterocycles. The number of ether oxygens (including phenoxy) is 1. The van der Waals surface area contributed by atoms with Crippen LogP contribution in [0.5, 0.6) is 5.75 Å². The molecule has 0 saturated carbocycles. The molecule has 0 radical (unpaired) electrons. The van der Waals surface area contributed by atoms with Crippen molar-refractivity contribution in [1.29, 1.82) is 0 Å². The van der Waals surface area contributed by atoms with Gasteiger partial charge in [-0.25, -0.2) is 0 Å². The molecule has 0 aliphatic rings. The zero-order valence-electron chi connectivity index (χ0n) is 8.63. The lowest BCUT2D eigenvalue weighted by Crippen LogP contribution is -2.27. The summed E-state index contributed by atoms with van der Waals surface area (Å²) < 4.78 is 6.42. The molecule has 1 aromatic rings. The van der Waals surface area contributed by atoms with Crippen LogP contribution >= 0.6 is 15.9 Å². The number of rotatable bonds is 5. The third-order valence-electron chi connectivity index (χ3n) is 1.81. The molecule has 0 unspecified atom stereocenters. The fourth-order valence-corrected chi connectivity index (χ4v) is 1.42. The predicted octanol–water partition coefficient (Wildman–Crippen LogP) is 2.35. The Morgan fingerprint density at radius 1 is 1.53 bits per heavy atom. The molecule has 1 N–H and O–H groups in total. The van der Waals surface area contributed by atoms with Crippen molar-refractivity contribution in [2.45, 2.75) is 13.3 Å². The van der Waals surface area contributed by atoms with Gasteiger partial charge in [-0.15, -0.1) is 0 Å². The summed E-state index contributed by atoms with van der Waals surface area (Å²) in [7, 11) is 0. The minimum atomic E-state index is 0.0489. The van der Waals surface area contributed by atoms with E-state index in [-0.39, 0.29) is 5.91 Å². The highest BCUT2D eigenvalue weighted by molar-refractivity contribution is 9.10. The zero-order chi connectivity index (χ0) is 11.1. The van der Waals surface area contributed by atoms with Gasteiger partial charge >= 0.3 is 0 Å². The molecule has 3 nitrogen and oxygen atoms in total. The van der Waals surface area contributed by atoms with E-state index in [2.05, 4.69) is 21.2 Å². The first kappa shape index (κ1) is 12.0. The molecule has 0 aliphatic carbocycles. The Morgan fingerprint density at radius 2 is 2.33 bits per heavy atom. The SMILES string of the molecule is CCC(=O)NCCOc1cccc(Br)c1. The van der Waals surface area contributed by atoms with Gasteiger partial charge in [-0.2, -0.15) is 0 Å². The number of benzene rings is 1. The first-order valence-electron chi connectivity index (χ1n) is 4.87. The van der Waals surface area contributed by atoms with Crippen LogP contribution in [0.1, 0.15) is 13.3 Å². The topological polar surface area (TPSA) is 38.3 Å². The molecule has 0 spiro atoms. The highest BCUT2D eigenvalue weighted by Crippen LogP contribution is 2.17. The second-order valence-electron chi connectivity index (χ2n) is 3.01. The van der Waals surface area contributed by atoms with Crippen LogP contribution < -0.4 is 10.1 Å². The first-order chi connectivity index (χ1) is 7.22. The molecule has 0 bridgehead atoms. The molecule has 4 heteroatoms. The van der Waals surface area contributed by atoms with E-state index in [4.69, 9.17) is 4.74 Å². The van der Waals surface area contributed by atoms with Crippen molar-refractivity contribution < 1.29 is 9.53 Å². The second-order valence-corrected chi connectivity index (χ2v) is 3.93. The second kappa shape index (κ2) is 6.45. The van der Waals surface area contributed by atoms with Gasteiger partial charge in [0.15, 0.2) is 0 Å². The lowest BCUT2D eigenvalue weighted by atomic mass is 10.3. The van der Waals surface area contributed by atoms with Crippen LogP contribution in [-0.4, -0.2) is 19.1 Å². The monoisotopic (exact) mass is 271 g/mol. The van der Waals surface area contributed by atoms with Crippen LogP contribution in [0.4, 0.5) is 0 Å². The predicted molar refractivity (Wildman–Crippen MR) is 62.9 cm³/mol. The van der Waals surface area contributed by atoms with Crippen LogP contribution in [0.25, 0.3) is 0 Å². The van der Waals surface area contributed by atoms with Gasteiger partial charge in [0.05, 0.1) is 6.54 Å². The molecule has 0 aromatic heterocycles. The van der Waals surface area contributed by atoms with Gasteiger partial charge in [-0.05, 0) is 18.2 Å². The number of carbonyl (C=O) groups excluding carboxylic acids is 1. The molecule has 1 rings (SSSR count). The van der Waals surface area contributed by atoms with Crippen LogP contribution in [0.15, 0.2) is 28.7 Å². The average molecular weight is 272 g/mol. The smallest absolute Gasteiger partial charge is 0.219 e. The van der Waals surface area contributed by atoms with Crippen LogP contribution in [0.3, 0.4) is 0 Å². The molecule has 82 valence electrons. The Hall–Kier alpha value is -1.03. The number of hydrogen-bond acceptors (Lipinski definition) is 2. The summed E-state index contributed by atoms with van der Waals surface area (Å²) in [5.41, 5.74) is 0. The van der Waals surface area contributed by atoms with E-state index in [9.17, 15) is 4.79 Å². The van der Waals surface area contributed by atoms with Crippen molar-refractivity contribution in [3.05, 3.63) is 28.7 Å². The molecule has 0 fully saturated rings. The summed E-state index contributed by atoms with van der Waals surface area (Å²) in [4.78, 5) is 10.9. The van der Waals surface area contributed by atoms with Crippen molar-refractivity contribution in [2.75, 3.05) is 13.2 Å². The number of carbonyl (C=O) groups is 1. The molecule has 15 heavy (non-hydrogen) atoms. The largest absolute Gasteiger partial charge is 0.492 e. The normalized spacial score (nSPS) is 9.73. The quantitative estimate of drug-likeness (QED) is 0.835. The standard InChI is InChI=1S/C11H14BrNO2/c1-2-11(14)13-6-7-15-10-5-3-4-9(12)8-10/h3-5,8H,2,6-7H2,1H3,(H,13,14). The van der Waals surface area contributed by atoms with Crippen molar-refractivity contribution >= 4 is 21.8 Å². The maximum Gasteiger partial charge on any atom is 0.219 e. The lowest BCUT2D eigenvalue weighted by Gasteiger charge is -2.07. The van der Waals surface area contributed by atoms with Crippen molar-refractivity contribution in [3.63, 3.8) is 0 Å². The van der Waals surface area contributed by atoms with E-state index in [1.165, 1.54) is 0 Å². The van der Waals surface area contributed by atoms with Gasteiger partial charge in [0.25, 0.3) is 0 Å². The minimum absolute atomic E-state index is 0.0489. The summed E-state index contributed by atoms with van der Waals surface area (Å²) in [6.45, 7) is 2.85. The van der Waals surface area contributed by atoms with Crippen LogP contribution in [0.2, 0.25) is 0 Å². The van der Waals surface area contributed by atoms with Gasteiger partial charge in [-0.3, -0.25) is 4.79 Å². The van der Waals surface area contributed by atoms with Gasteiger partial charge in [-0.1, -0.05) is 28.9 Å². The van der Waals surface area contributed by atoms with Gasteiger partial charge < -0.3 is 10.1 Å². The highest BCUT2D eigenvalue weighted by atomic mass is 79.9. The molecule has 0 atom stereocenters. The van der Waals surface area contributed by atoms with Crippen molar-refractivity contribution in [1.82, 2.24) is 5.32 Å². The summed E-state index contributed by atoms with van der Waals surface area (Å²) in [5.74, 6) is 0.850. The fraction of sp³-hybridized carbons (Fsp3) is 0.364. The van der Waals surface area contributed by atoms with E-state index in [1.54, 1.807) is 0 Å². The van der Waals surface area contributed by atoms with Crippen LogP contribution in [0, 0.1) is 0 Å².